The smallest absolute Gasteiger partial charge is 0.271 e. The van der Waals surface area contributed by atoms with Crippen LogP contribution in [0.3, 0.4) is 0 Å². The van der Waals surface area contributed by atoms with Gasteiger partial charge >= 0.3 is 0 Å². The molecule has 0 bridgehead atoms. The lowest BCUT2D eigenvalue weighted by Gasteiger charge is -2.19. The van der Waals surface area contributed by atoms with Crippen LogP contribution in [0.4, 0.5) is 0 Å². The molecule has 0 aliphatic heterocycles. The molecule has 3 rings (SSSR count). The summed E-state index contributed by atoms with van der Waals surface area (Å²) in [6.07, 6.45) is 3.02. The van der Waals surface area contributed by atoms with Crippen molar-refractivity contribution in [1.29, 1.82) is 0 Å². The predicted molar refractivity (Wildman–Crippen MR) is 98.0 cm³/mol. The summed E-state index contributed by atoms with van der Waals surface area (Å²) < 4.78 is 0. The Labute approximate surface area is 145 Å². The molecule has 0 saturated heterocycles. The topological polar surface area (TPSA) is 90.4 Å². The molecule has 0 atom stereocenters. The number of aromatic nitrogens is 2. The summed E-state index contributed by atoms with van der Waals surface area (Å²) in [4.78, 5) is 19.3. The Bertz CT molecular complexity index is 951. The molecule has 0 saturated carbocycles. The third-order valence-electron chi connectivity index (χ3n) is 3.95. The number of carbonyl (C=O) groups excluding carboxylic acids is 1. The van der Waals surface area contributed by atoms with Crippen LogP contribution < -0.4 is 5.43 Å². The highest BCUT2D eigenvalue weighted by molar-refractivity contribution is 5.97. The molecule has 0 fully saturated rings. The largest absolute Gasteiger partial charge is 0.507 e. The summed E-state index contributed by atoms with van der Waals surface area (Å²) in [5, 5.41) is 13.9. The van der Waals surface area contributed by atoms with Crippen molar-refractivity contribution < 1.29 is 9.90 Å². The van der Waals surface area contributed by atoms with Crippen LogP contribution in [0, 0.1) is 0 Å². The predicted octanol–water partition coefficient (Wildman–Crippen LogP) is 3.33. The van der Waals surface area contributed by atoms with Crippen LogP contribution in [0.5, 0.6) is 5.75 Å². The number of carbonyl (C=O) groups is 1. The number of phenols is 1. The van der Waals surface area contributed by atoms with Gasteiger partial charge in [0.1, 0.15) is 5.75 Å². The van der Waals surface area contributed by atoms with Crippen molar-refractivity contribution in [2.24, 2.45) is 5.10 Å². The summed E-state index contributed by atoms with van der Waals surface area (Å²) in [6, 6.07) is 10.5. The number of rotatable bonds is 3. The van der Waals surface area contributed by atoms with Crippen molar-refractivity contribution in [3.63, 3.8) is 0 Å². The van der Waals surface area contributed by atoms with E-state index in [-0.39, 0.29) is 17.1 Å². The molecule has 25 heavy (non-hydrogen) atoms. The van der Waals surface area contributed by atoms with Crippen molar-refractivity contribution in [2.75, 3.05) is 0 Å². The van der Waals surface area contributed by atoms with Crippen molar-refractivity contribution in [2.45, 2.75) is 26.2 Å². The minimum atomic E-state index is -0.334. The Balaban J connectivity index is 1.75. The zero-order valence-corrected chi connectivity index (χ0v) is 14.4. The number of H-pyrrole nitrogens is 1. The fraction of sp³-hybridized carbons (Fsp3) is 0.211. The zero-order valence-electron chi connectivity index (χ0n) is 14.4. The minimum Gasteiger partial charge on any atom is -0.507 e. The Morgan fingerprint density at radius 2 is 2.04 bits per heavy atom. The Morgan fingerprint density at radius 3 is 2.80 bits per heavy atom. The number of fused-ring (bicyclic) bond motifs is 1. The van der Waals surface area contributed by atoms with E-state index in [0.29, 0.717) is 11.1 Å². The molecule has 3 aromatic rings. The van der Waals surface area contributed by atoms with E-state index < -0.39 is 0 Å². The van der Waals surface area contributed by atoms with Crippen LogP contribution in [0.25, 0.3) is 11.0 Å². The monoisotopic (exact) mass is 336 g/mol. The van der Waals surface area contributed by atoms with Crippen molar-refractivity contribution in [3.05, 3.63) is 59.4 Å². The first-order chi connectivity index (χ1) is 11.8. The van der Waals surface area contributed by atoms with E-state index in [1.165, 1.54) is 6.21 Å². The summed E-state index contributed by atoms with van der Waals surface area (Å²) in [5.74, 6) is -0.218. The lowest BCUT2D eigenvalue weighted by molar-refractivity contribution is 0.0955. The van der Waals surface area contributed by atoms with E-state index in [2.05, 4.69) is 41.3 Å². The highest BCUT2D eigenvalue weighted by Gasteiger charge is 2.15. The first kappa shape index (κ1) is 16.7. The fourth-order valence-corrected chi connectivity index (χ4v) is 2.43. The van der Waals surface area contributed by atoms with Crippen molar-refractivity contribution in [1.82, 2.24) is 15.4 Å². The molecule has 6 heteroatoms. The molecule has 0 aliphatic rings. The van der Waals surface area contributed by atoms with E-state index >= 15 is 0 Å². The van der Waals surface area contributed by atoms with Gasteiger partial charge < -0.3 is 10.1 Å². The van der Waals surface area contributed by atoms with Crippen LogP contribution in [0.15, 0.2) is 47.8 Å². The van der Waals surface area contributed by atoms with Gasteiger partial charge in [-0.2, -0.15) is 5.10 Å². The van der Waals surface area contributed by atoms with Gasteiger partial charge in [-0.1, -0.05) is 26.8 Å². The molecule has 1 aromatic heterocycles. The normalized spacial score (nSPS) is 12.0. The number of hydrogen-bond acceptors (Lipinski definition) is 4. The lowest BCUT2D eigenvalue weighted by Crippen LogP contribution is -2.17. The number of imidazole rings is 1. The zero-order chi connectivity index (χ0) is 18.0. The number of benzene rings is 2. The molecule has 1 heterocycles. The number of nitrogens with one attached hydrogen (secondary N) is 2. The number of phenolic OH excluding ortho intramolecular Hbond substituents is 1. The van der Waals surface area contributed by atoms with Crippen LogP contribution in [-0.4, -0.2) is 27.2 Å². The van der Waals surface area contributed by atoms with Gasteiger partial charge in [-0.25, -0.2) is 10.4 Å². The van der Waals surface area contributed by atoms with Crippen LogP contribution in [-0.2, 0) is 5.41 Å². The average molecular weight is 336 g/mol. The number of aromatic hydroxyl groups is 1. The maximum absolute atomic E-state index is 12.2. The Hall–Kier alpha value is -3.15. The fourth-order valence-electron chi connectivity index (χ4n) is 2.43. The quantitative estimate of drug-likeness (QED) is 0.506. The van der Waals surface area contributed by atoms with E-state index in [1.807, 2.05) is 12.1 Å². The van der Waals surface area contributed by atoms with Gasteiger partial charge in [0.2, 0.25) is 0 Å². The molecule has 0 unspecified atom stereocenters. The Kier molecular flexibility index (Phi) is 4.27. The first-order valence-corrected chi connectivity index (χ1v) is 7.94. The summed E-state index contributed by atoms with van der Waals surface area (Å²) in [5.41, 5.74) is 6.11. The van der Waals surface area contributed by atoms with Crippen LogP contribution >= 0.6 is 0 Å². The standard InChI is InChI=1S/C19H20N4O2/c1-19(2,3)14-5-7-17(24)13(8-14)10-22-23-18(25)12-4-6-15-16(9-12)21-11-20-15/h4-11,24H,1-3H3,(H,20,21)(H,23,25)/b22-10+. The molecule has 1 amide bonds. The van der Waals surface area contributed by atoms with E-state index in [1.54, 1.807) is 30.6 Å². The van der Waals surface area contributed by atoms with E-state index in [0.717, 1.165) is 16.6 Å². The summed E-state index contributed by atoms with van der Waals surface area (Å²) >= 11 is 0. The molecule has 3 N–H and O–H groups in total. The minimum absolute atomic E-state index is 0.0426. The molecular formula is C19H20N4O2. The van der Waals surface area contributed by atoms with E-state index in [4.69, 9.17) is 0 Å². The highest BCUT2D eigenvalue weighted by atomic mass is 16.3. The molecule has 0 aliphatic carbocycles. The number of aromatic amines is 1. The van der Waals surface area contributed by atoms with Gasteiger partial charge in [-0.3, -0.25) is 4.79 Å². The molecule has 6 nitrogen and oxygen atoms in total. The third-order valence-corrected chi connectivity index (χ3v) is 3.95. The average Bonchev–Trinajstić information content (AvgIpc) is 3.03. The number of amides is 1. The molecule has 128 valence electrons. The van der Waals surface area contributed by atoms with Gasteiger partial charge in [-0.05, 0) is 41.3 Å². The van der Waals surface area contributed by atoms with Gasteiger partial charge in [0.05, 0.1) is 23.6 Å². The van der Waals surface area contributed by atoms with Crippen LogP contribution in [0.1, 0.15) is 42.3 Å². The second-order valence-corrected chi connectivity index (χ2v) is 6.86. The van der Waals surface area contributed by atoms with Gasteiger partial charge in [0, 0.05) is 11.1 Å². The summed E-state index contributed by atoms with van der Waals surface area (Å²) in [7, 11) is 0. The highest BCUT2D eigenvalue weighted by Crippen LogP contribution is 2.26. The molecule has 0 radical (unpaired) electrons. The maximum atomic E-state index is 12.2. The van der Waals surface area contributed by atoms with Gasteiger partial charge in [0.25, 0.3) is 5.91 Å². The first-order valence-electron chi connectivity index (χ1n) is 7.94. The van der Waals surface area contributed by atoms with Crippen molar-refractivity contribution in [3.8, 4) is 5.75 Å². The lowest BCUT2D eigenvalue weighted by atomic mass is 9.86. The maximum Gasteiger partial charge on any atom is 0.271 e. The van der Waals surface area contributed by atoms with Gasteiger partial charge in [0.15, 0.2) is 0 Å². The van der Waals surface area contributed by atoms with Gasteiger partial charge in [-0.15, -0.1) is 0 Å². The molecular weight excluding hydrogens is 316 g/mol. The molecule has 0 spiro atoms. The number of hydrogen-bond donors (Lipinski definition) is 3. The van der Waals surface area contributed by atoms with Crippen molar-refractivity contribution >= 4 is 23.2 Å². The SMILES string of the molecule is CC(C)(C)c1ccc(O)c(/C=N/NC(=O)c2ccc3nc[nH]c3c2)c1. The number of nitrogens with zero attached hydrogens (tertiary/aromatic N) is 2. The number of hydrazone groups is 1. The Morgan fingerprint density at radius 1 is 1.24 bits per heavy atom. The molecule has 2 aromatic carbocycles. The third kappa shape index (κ3) is 3.68. The van der Waals surface area contributed by atoms with Crippen LogP contribution in [0.2, 0.25) is 0 Å². The van der Waals surface area contributed by atoms with E-state index in [9.17, 15) is 9.90 Å². The summed E-state index contributed by atoms with van der Waals surface area (Å²) in [6.45, 7) is 6.27. The second-order valence-electron chi connectivity index (χ2n) is 6.86. The second kappa shape index (κ2) is 6.39.